The minimum atomic E-state index is -0.303. The summed E-state index contributed by atoms with van der Waals surface area (Å²) in [6, 6.07) is 10.4. The lowest BCUT2D eigenvalue weighted by Crippen LogP contribution is -2.13. The molecule has 0 bridgehead atoms. The van der Waals surface area contributed by atoms with Gasteiger partial charge in [0, 0.05) is 11.3 Å². The van der Waals surface area contributed by atoms with Gasteiger partial charge in [-0.25, -0.2) is 0 Å². The first-order valence-electron chi connectivity index (χ1n) is 5.34. The molecule has 1 heterocycles. The van der Waals surface area contributed by atoms with Crippen molar-refractivity contribution >= 4 is 28.8 Å². The number of nitrogens with one attached hydrogen (secondary N) is 1. The Kier molecular flexibility index (Phi) is 3.43. The van der Waals surface area contributed by atoms with Crippen molar-refractivity contribution in [1.82, 2.24) is 0 Å². The first-order chi connectivity index (χ1) is 8.56. The van der Waals surface area contributed by atoms with Crippen molar-refractivity contribution in [2.75, 3.05) is 5.32 Å². The average Bonchev–Trinajstić information content (AvgIpc) is 2.76. The van der Waals surface area contributed by atoms with E-state index in [0.717, 1.165) is 0 Å². The largest absolute Gasteiger partial charge is 0.456 e. The van der Waals surface area contributed by atoms with Crippen LogP contribution in [0.1, 0.15) is 21.9 Å². The van der Waals surface area contributed by atoms with Gasteiger partial charge < -0.3 is 15.5 Å². The topological polar surface area (TPSA) is 68.3 Å². The van der Waals surface area contributed by atoms with Crippen LogP contribution in [0.25, 0.3) is 0 Å². The van der Waals surface area contributed by atoms with Gasteiger partial charge in [0.15, 0.2) is 5.76 Å². The summed E-state index contributed by atoms with van der Waals surface area (Å²) in [6.07, 6.45) is 0. The molecular formula is C13H12N2O2S. The Hall–Kier alpha value is -2.14. The number of hydrogen-bond donors (Lipinski definition) is 2. The van der Waals surface area contributed by atoms with E-state index in [9.17, 15) is 4.79 Å². The number of carbonyl (C=O) groups excluding carboxylic acids is 1. The van der Waals surface area contributed by atoms with Crippen LogP contribution >= 0.6 is 12.2 Å². The van der Waals surface area contributed by atoms with Crippen molar-refractivity contribution < 1.29 is 9.21 Å². The molecule has 0 radical (unpaired) electrons. The number of furan rings is 1. The number of hydrogen-bond acceptors (Lipinski definition) is 3. The quantitative estimate of drug-likeness (QED) is 0.832. The van der Waals surface area contributed by atoms with E-state index < -0.39 is 0 Å². The first kappa shape index (κ1) is 12.3. The van der Waals surface area contributed by atoms with Gasteiger partial charge in [0.1, 0.15) is 10.7 Å². The van der Waals surface area contributed by atoms with Crippen molar-refractivity contribution in [2.45, 2.75) is 6.92 Å². The van der Waals surface area contributed by atoms with Gasteiger partial charge in [-0.05, 0) is 31.2 Å². The van der Waals surface area contributed by atoms with Crippen LogP contribution in [0.15, 0.2) is 40.8 Å². The summed E-state index contributed by atoms with van der Waals surface area (Å²) in [5, 5.41) is 2.72. The number of amides is 1. The Labute approximate surface area is 110 Å². The number of anilines is 1. The highest BCUT2D eigenvalue weighted by Crippen LogP contribution is 2.13. The number of aryl methyl sites for hydroxylation is 1. The van der Waals surface area contributed by atoms with Crippen LogP contribution in [0.3, 0.4) is 0 Å². The van der Waals surface area contributed by atoms with E-state index in [-0.39, 0.29) is 11.7 Å². The standard InChI is InChI=1S/C13H12N2O2S/c1-8-5-6-11(17-8)13(16)15-10-4-2-3-9(7-10)12(14)18/h2-7H,1H3,(H2,14,18)(H,15,16). The van der Waals surface area contributed by atoms with Crippen LogP contribution in [0, 0.1) is 6.92 Å². The van der Waals surface area contributed by atoms with E-state index in [1.165, 1.54) is 0 Å². The third-order valence-corrected chi connectivity index (χ3v) is 2.60. The van der Waals surface area contributed by atoms with E-state index in [2.05, 4.69) is 5.32 Å². The zero-order valence-corrected chi connectivity index (χ0v) is 10.6. The van der Waals surface area contributed by atoms with Gasteiger partial charge in [0.05, 0.1) is 0 Å². The van der Waals surface area contributed by atoms with Crippen molar-refractivity contribution in [1.29, 1.82) is 0 Å². The normalized spacial score (nSPS) is 10.1. The molecule has 4 nitrogen and oxygen atoms in total. The van der Waals surface area contributed by atoms with Crippen LogP contribution in [-0.4, -0.2) is 10.9 Å². The maximum absolute atomic E-state index is 11.8. The number of carbonyl (C=O) groups is 1. The molecule has 0 fully saturated rings. The zero-order valence-electron chi connectivity index (χ0n) is 9.77. The average molecular weight is 260 g/mol. The molecule has 0 atom stereocenters. The molecule has 0 aliphatic carbocycles. The van der Waals surface area contributed by atoms with Crippen LogP contribution in [0.5, 0.6) is 0 Å². The fourth-order valence-corrected chi connectivity index (χ4v) is 1.63. The molecule has 0 aliphatic heterocycles. The Morgan fingerprint density at radius 3 is 2.72 bits per heavy atom. The van der Waals surface area contributed by atoms with E-state index in [4.69, 9.17) is 22.4 Å². The molecule has 0 saturated carbocycles. The molecule has 0 unspecified atom stereocenters. The van der Waals surface area contributed by atoms with Crippen LogP contribution in [0.2, 0.25) is 0 Å². The second kappa shape index (κ2) is 5.01. The van der Waals surface area contributed by atoms with Gasteiger partial charge in [-0.3, -0.25) is 4.79 Å². The summed E-state index contributed by atoms with van der Waals surface area (Å²) in [5.41, 5.74) is 6.86. The number of benzene rings is 1. The minimum Gasteiger partial charge on any atom is -0.456 e. The number of rotatable bonds is 3. The maximum atomic E-state index is 11.8. The molecule has 2 aromatic rings. The van der Waals surface area contributed by atoms with Gasteiger partial charge in [-0.15, -0.1) is 0 Å². The molecule has 3 N–H and O–H groups in total. The molecule has 1 aromatic carbocycles. The summed E-state index contributed by atoms with van der Waals surface area (Å²) in [6.45, 7) is 1.78. The van der Waals surface area contributed by atoms with Gasteiger partial charge >= 0.3 is 0 Å². The predicted octanol–water partition coefficient (Wildman–Crippen LogP) is 2.47. The molecule has 1 amide bonds. The molecular weight excluding hydrogens is 248 g/mol. The fourth-order valence-electron chi connectivity index (χ4n) is 1.50. The Balaban J connectivity index is 2.16. The third-order valence-electron chi connectivity index (χ3n) is 2.37. The number of nitrogens with two attached hydrogens (primary N) is 1. The third kappa shape index (κ3) is 2.75. The summed E-state index contributed by atoms with van der Waals surface area (Å²) in [5.74, 6) is 0.661. The van der Waals surface area contributed by atoms with E-state index in [1.807, 2.05) is 0 Å². The monoisotopic (exact) mass is 260 g/mol. The minimum absolute atomic E-state index is 0.272. The molecule has 1 aromatic heterocycles. The van der Waals surface area contributed by atoms with Gasteiger partial charge in [0.25, 0.3) is 5.91 Å². The fraction of sp³-hybridized carbons (Fsp3) is 0.0769. The first-order valence-corrected chi connectivity index (χ1v) is 5.75. The summed E-state index contributed by atoms with van der Waals surface area (Å²) in [4.78, 5) is 12.1. The van der Waals surface area contributed by atoms with E-state index in [1.54, 1.807) is 43.3 Å². The maximum Gasteiger partial charge on any atom is 0.291 e. The lowest BCUT2D eigenvalue weighted by Gasteiger charge is -2.05. The number of thiocarbonyl (C=S) groups is 1. The van der Waals surface area contributed by atoms with Crippen LogP contribution in [-0.2, 0) is 0 Å². The Morgan fingerprint density at radius 1 is 1.33 bits per heavy atom. The zero-order chi connectivity index (χ0) is 13.1. The molecule has 0 saturated heterocycles. The highest BCUT2D eigenvalue weighted by molar-refractivity contribution is 7.80. The second-order valence-electron chi connectivity index (χ2n) is 3.81. The van der Waals surface area contributed by atoms with Gasteiger partial charge in [-0.1, -0.05) is 24.4 Å². The van der Waals surface area contributed by atoms with Crippen molar-refractivity contribution in [3.63, 3.8) is 0 Å². The molecule has 92 valence electrons. The lowest BCUT2D eigenvalue weighted by atomic mass is 10.2. The highest BCUT2D eigenvalue weighted by atomic mass is 32.1. The summed E-state index contributed by atoms with van der Waals surface area (Å²) < 4.78 is 5.23. The smallest absolute Gasteiger partial charge is 0.291 e. The van der Waals surface area contributed by atoms with Gasteiger partial charge in [0.2, 0.25) is 0 Å². The van der Waals surface area contributed by atoms with Crippen molar-refractivity contribution in [2.24, 2.45) is 5.73 Å². The Bertz CT molecular complexity index is 605. The van der Waals surface area contributed by atoms with Crippen LogP contribution in [0.4, 0.5) is 5.69 Å². The molecule has 18 heavy (non-hydrogen) atoms. The molecule has 2 rings (SSSR count). The predicted molar refractivity (Wildman–Crippen MR) is 73.7 cm³/mol. The molecule has 5 heteroatoms. The second-order valence-corrected chi connectivity index (χ2v) is 4.25. The van der Waals surface area contributed by atoms with Gasteiger partial charge in [-0.2, -0.15) is 0 Å². The molecule has 0 aliphatic rings. The van der Waals surface area contributed by atoms with E-state index >= 15 is 0 Å². The lowest BCUT2D eigenvalue weighted by molar-refractivity contribution is 0.0995. The Morgan fingerprint density at radius 2 is 2.11 bits per heavy atom. The van der Waals surface area contributed by atoms with E-state index in [0.29, 0.717) is 22.0 Å². The SMILES string of the molecule is Cc1ccc(C(=O)Nc2cccc(C(N)=S)c2)o1. The summed E-state index contributed by atoms with van der Waals surface area (Å²) in [7, 11) is 0. The van der Waals surface area contributed by atoms with Crippen molar-refractivity contribution in [3.05, 3.63) is 53.5 Å². The van der Waals surface area contributed by atoms with Crippen molar-refractivity contribution in [3.8, 4) is 0 Å². The highest BCUT2D eigenvalue weighted by Gasteiger charge is 2.10. The molecule has 0 spiro atoms. The summed E-state index contributed by atoms with van der Waals surface area (Å²) >= 11 is 4.88. The van der Waals surface area contributed by atoms with Crippen LogP contribution < -0.4 is 11.1 Å².